The number of primary amides is 1. The molecule has 200 valence electrons. The number of ketones is 1. The molecule has 1 heterocycles. The van der Waals surface area contributed by atoms with Gasteiger partial charge in [-0.2, -0.15) is 18.3 Å². The number of rotatable bonds is 6. The monoisotopic (exact) mass is 522 g/mol. The SMILES string of the molecule is CC1(C)CC(=O)c2c(C(F)(F)F)nn(-c3ccc(C(N)=O)c(NC4CCC(OC(=O)CO)CC4)c3)c2C1. The molecule has 0 unspecified atom stereocenters. The number of ether oxygens (including phenoxy) is 1. The van der Waals surface area contributed by atoms with Gasteiger partial charge in [0.1, 0.15) is 12.7 Å². The quantitative estimate of drug-likeness (QED) is 0.495. The van der Waals surface area contributed by atoms with Gasteiger partial charge in [-0.25, -0.2) is 9.48 Å². The lowest BCUT2D eigenvalue weighted by Crippen LogP contribution is -2.32. The zero-order valence-corrected chi connectivity index (χ0v) is 20.5. The van der Waals surface area contributed by atoms with Crippen molar-refractivity contribution >= 4 is 23.3 Å². The van der Waals surface area contributed by atoms with Crippen LogP contribution in [0.3, 0.4) is 0 Å². The maximum Gasteiger partial charge on any atom is 0.435 e. The number of halogens is 3. The van der Waals surface area contributed by atoms with E-state index in [9.17, 15) is 27.6 Å². The Morgan fingerprint density at radius 2 is 1.89 bits per heavy atom. The molecule has 12 heteroatoms. The van der Waals surface area contributed by atoms with Gasteiger partial charge in [-0.05, 0) is 55.7 Å². The Morgan fingerprint density at radius 3 is 2.49 bits per heavy atom. The lowest BCUT2D eigenvalue weighted by atomic mass is 9.75. The van der Waals surface area contributed by atoms with E-state index in [1.54, 1.807) is 0 Å². The lowest BCUT2D eigenvalue weighted by Gasteiger charge is -2.30. The molecule has 2 aromatic rings. The summed E-state index contributed by atoms with van der Waals surface area (Å²) in [5, 5.41) is 15.9. The molecule has 37 heavy (non-hydrogen) atoms. The topological polar surface area (TPSA) is 137 Å². The predicted molar refractivity (Wildman–Crippen MR) is 126 cm³/mol. The Labute approximate surface area is 211 Å². The van der Waals surface area contributed by atoms with Gasteiger partial charge < -0.3 is 20.9 Å². The number of alkyl halides is 3. The molecule has 4 N–H and O–H groups in total. The normalized spacial score (nSPS) is 21.3. The summed E-state index contributed by atoms with van der Waals surface area (Å²) in [5.41, 5.74) is 4.31. The number of carbonyl (C=O) groups is 3. The minimum absolute atomic E-state index is 0.0154. The minimum Gasteiger partial charge on any atom is -0.461 e. The lowest BCUT2D eigenvalue weighted by molar-refractivity contribution is -0.153. The van der Waals surface area contributed by atoms with Gasteiger partial charge in [0.25, 0.3) is 5.91 Å². The average molecular weight is 523 g/mol. The molecular weight excluding hydrogens is 493 g/mol. The van der Waals surface area contributed by atoms with Crippen LogP contribution in [0.2, 0.25) is 0 Å². The third-order valence-corrected chi connectivity index (χ3v) is 6.79. The fourth-order valence-corrected chi connectivity index (χ4v) is 5.13. The molecule has 4 rings (SSSR count). The first-order valence-corrected chi connectivity index (χ1v) is 12.0. The first-order valence-electron chi connectivity index (χ1n) is 12.0. The number of nitrogens with zero attached hydrogens (tertiary/aromatic N) is 2. The van der Waals surface area contributed by atoms with Crippen molar-refractivity contribution in [1.82, 2.24) is 9.78 Å². The van der Waals surface area contributed by atoms with Crippen LogP contribution in [-0.2, 0) is 22.1 Å². The number of esters is 1. The molecule has 0 spiro atoms. The van der Waals surface area contributed by atoms with Crippen LogP contribution in [0, 0.1) is 5.41 Å². The van der Waals surface area contributed by atoms with Crippen molar-refractivity contribution in [2.75, 3.05) is 11.9 Å². The zero-order chi connectivity index (χ0) is 27.1. The Hall–Kier alpha value is -3.41. The number of nitrogens with one attached hydrogen (secondary N) is 1. The number of anilines is 1. The van der Waals surface area contributed by atoms with Crippen molar-refractivity contribution < 1.29 is 37.4 Å². The second kappa shape index (κ2) is 9.81. The highest BCUT2D eigenvalue weighted by Crippen LogP contribution is 2.42. The third-order valence-electron chi connectivity index (χ3n) is 6.79. The van der Waals surface area contributed by atoms with E-state index in [0.29, 0.717) is 31.4 Å². The van der Waals surface area contributed by atoms with Gasteiger partial charge in [-0.1, -0.05) is 13.8 Å². The van der Waals surface area contributed by atoms with Crippen LogP contribution in [0.5, 0.6) is 0 Å². The summed E-state index contributed by atoms with van der Waals surface area (Å²) in [6, 6.07) is 4.27. The smallest absolute Gasteiger partial charge is 0.435 e. The number of aliphatic hydroxyl groups excluding tert-OH is 1. The van der Waals surface area contributed by atoms with Crippen molar-refractivity contribution in [1.29, 1.82) is 0 Å². The van der Waals surface area contributed by atoms with Crippen LogP contribution >= 0.6 is 0 Å². The second-order valence-corrected chi connectivity index (χ2v) is 10.4. The molecule has 0 aliphatic heterocycles. The Bertz CT molecular complexity index is 1230. The van der Waals surface area contributed by atoms with Crippen LogP contribution in [-0.4, -0.2) is 51.3 Å². The predicted octanol–water partition coefficient (Wildman–Crippen LogP) is 3.40. The van der Waals surface area contributed by atoms with E-state index in [-0.39, 0.29) is 41.9 Å². The van der Waals surface area contributed by atoms with Crippen molar-refractivity contribution in [2.24, 2.45) is 11.1 Å². The zero-order valence-electron chi connectivity index (χ0n) is 20.5. The van der Waals surface area contributed by atoms with Gasteiger partial charge in [0, 0.05) is 18.2 Å². The van der Waals surface area contributed by atoms with Gasteiger partial charge >= 0.3 is 12.1 Å². The van der Waals surface area contributed by atoms with Crippen LogP contribution in [0.4, 0.5) is 18.9 Å². The number of aromatic nitrogens is 2. The van der Waals surface area contributed by atoms with E-state index in [2.05, 4.69) is 10.4 Å². The largest absolute Gasteiger partial charge is 0.461 e. The molecule has 0 radical (unpaired) electrons. The Balaban J connectivity index is 1.68. The van der Waals surface area contributed by atoms with Crippen molar-refractivity contribution in [3.8, 4) is 5.69 Å². The Morgan fingerprint density at radius 1 is 1.22 bits per heavy atom. The first-order chi connectivity index (χ1) is 17.3. The fourth-order valence-electron chi connectivity index (χ4n) is 5.13. The van der Waals surface area contributed by atoms with E-state index in [4.69, 9.17) is 15.6 Å². The summed E-state index contributed by atoms with van der Waals surface area (Å²) in [6.45, 7) is 2.94. The van der Waals surface area contributed by atoms with E-state index < -0.39 is 47.1 Å². The number of Topliss-reactive ketones (excluding diaryl/α,β-unsaturated/α-hetero) is 1. The number of hydrogen-bond donors (Lipinski definition) is 3. The second-order valence-electron chi connectivity index (χ2n) is 10.4. The highest BCUT2D eigenvalue weighted by Gasteiger charge is 2.45. The number of fused-ring (bicyclic) bond motifs is 1. The van der Waals surface area contributed by atoms with Crippen LogP contribution < -0.4 is 11.1 Å². The van der Waals surface area contributed by atoms with E-state index >= 15 is 0 Å². The molecule has 0 saturated heterocycles. The highest BCUT2D eigenvalue weighted by molar-refractivity contribution is 6.00. The van der Waals surface area contributed by atoms with Crippen molar-refractivity contribution in [3.05, 3.63) is 40.7 Å². The fraction of sp³-hybridized carbons (Fsp3) is 0.520. The number of hydrogen-bond acceptors (Lipinski definition) is 7. The van der Waals surface area contributed by atoms with Crippen LogP contribution in [0.25, 0.3) is 5.69 Å². The molecule has 2 aliphatic carbocycles. The third kappa shape index (κ3) is 5.63. The van der Waals surface area contributed by atoms with Crippen LogP contribution in [0.1, 0.15) is 78.1 Å². The molecule has 0 bridgehead atoms. The van der Waals surface area contributed by atoms with Crippen LogP contribution in [0.15, 0.2) is 18.2 Å². The van der Waals surface area contributed by atoms with Gasteiger partial charge in [0.15, 0.2) is 11.5 Å². The van der Waals surface area contributed by atoms with E-state index in [1.165, 1.54) is 18.2 Å². The minimum atomic E-state index is -4.81. The first kappa shape index (κ1) is 26.6. The summed E-state index contributed by atoms with van der Waals surface area (Å²) >= 11 is 0. The molecular formula is C25H29F3N4O5. The van der Waals surface area contributed by atoms with Crippen molar-refractivity contribution in [3.63, 3.8) is 0 Å². The van der Waals surface area contributed by atoms with Crippen molar-refractivity contribution in [2.45, 2.75) is 70.7 Å². The van der Waals surface area contributed by atoms with Gasteiger partial charge in [0.05, 0.1) is 22.5 Å². The summed E-state index contributed by atoms with van der Waals surface area (Å²) in [5.74, 6) is -2.01. The van der Waals surface area contributed by atoms with E-state index in [0.717, 1.165) is 4.68 Å². The number of amides is 1. The molecule has 1 amide bonds. The van der Waals surface area contributed by atoms with Gasteiger partial charge in [-0.15, -0.1) is 0 Å². The standard InChI is InChI=1S/C25H29F3N4O5/c1-24(2)10-18-21(19(34)11-24)22(25(26,27)28)31-32(18)14-5-8-16(23(29)36)17(9-14)30-13-3-6-15(7-4-13)37-20(35)12-33/h5,8-9,13,15,30,33H,3-4,6-7,10-12H2,1-2H3,(H2,29,36). The summed E-state index contributed by atoms with van der Waals surface area (Å²) < 4.78 is 47.7. The molecule has 2 aliphatic rings. The maximum absolute atomic E-state index is 13.8. The summed E-state index contributed by atoms with van der Waals surface area (Å²) in [7, 11) is 0. The number of aliphatic hydroxyl groups is 1. The number of benzene rings is 1. The summed E-state index contributed by atoms with van der Waals surface area (Å²) in [4.78, 5) is 36.2. The molecule has 1 aromatic carbocycles. The molecule has 0 atom stereocenters. The summed E-state index contributed by atoms with van der Waals surface area (Å²) in [6.07, 6.45) is -2.68. The molecule has 1 saturated carbocycles. The van der Waals surface area contributed by atoms with Gasteiger partial charge in [-0.3, -0.25) is 9.59 Å². The number of nitrogens with two attached hydrogens (primary N) is 1. The molecule has 1 aromatic heterocycles. The Kier molecular flexibility index (Phi) is 7.06. The number of carbonyl (C=O) groups excluding carboxylic acids is 3. The van der Waals surface area contributed by atoms with E-state index in [1.807, 2.05) is 13.8 Å². The average Bonchev–Trinajstić information content (AvgIpc) is 3.19. The maximum atomic E-state index is 13.8. The molecule has 1 fully saturated rings. The van der Waals surface area contributed by atoms with Gasteiger partial charge in [0.2, 0.25) is 0 Å². The highest BCUT2D eigenvalue weighted by atomic mass is 19.4. The molecule has 9 nitrogen and oxygen atoms in total.